The van der Waals surface area contributed by atoms with Crippen LogP contribution in [-0.2, 0) is 16.0 Å². The van der Waals surface area contributed by atoms with Gasteiger partial charge in [-0.1, -0.05) is 6.07 Å². The molecule has 6 nitrogen and oxygen atoms in total. The molecule has 1 atom stereocenters. The molecule has 1 saturated heterocycles. The summed E-state index contributed by atoms with van der Waals surface area (Å²) in [6.45, 7) is 1.66. The fourth-order valence-corrected chi connectivity index (χ4v) is 3.70. The molecule has 0 saturated carbocycles. The van der Waals surface area contributed by atoms with E-state index in [1.54, 1.807) is 25.2 Å². The lowest BCUT2D eigenvalue weighted by Crippen LogP contribution is -2.53. The number of rotatable bonds is 7. The summed E-state index contributed by atoms with van der Waals surface area (Å²) in [5.74, 6) is -0.186. The SMILES string of the molecule is CN(C)C(=O)C1(CCCc2ccccn2)CCCN(CC(N)=O)C1. The molecule has 2 amide bonds. The van der Waals surface area contributed by atoms with Gasteiger partial charge in [0.25, 0.3) is 0 Å². The summed E-state index contributed by atoms with van der Waals surface area (Å²) in [5.41, 5.74) is 5.97. The number of carbonyl (C=O) groups excluding carboxylic acids is 2. The van der Waals surface area contributed by atoms with E-state index in [4.69, 9.17) is 5.73 Å². The maximum Gasteiger partial charge on any atom is 0.231 e. The van der Waals surface area contributed by atoms with Gasteiger partial charge >= 0.3 is 0 Å². The first-order chi connectivity index (χ1) is 11.4. The molecule has 0 aliphatic carbocycles. The minimum atomic E-state index is -0.425. The smallest absolute Gasteiger partial charge is 0.231 e. The molecule has 0 bridgehead atoms. The van der Waals surface area contributed by atoms with Crippen molar-refractivity contribution in [3.05, 3.63) is 30.1 Å². The number of hydrogen-bond donors (Lipinski definition) is 1. The second-order valence-electron chi connectivity index (χ2n) is 6.94. The summed E-state index contributed by atoms with van der Waals surface area (Å²) < 4.78 is 0. The van der Waals surface area contributed by atoms with E-state index in [2.05, 4.69) is 4.98 Å². The van der Waals surface area contributed by atoms with Crippen LogP contribution in [0.5, 0.6) is 0 Å². The van der Waals surface area contributed by atoms with E-state index >= 15 is 0 Å². The zero-order valence-electron chi connectivity index (χ0n) is 14.7. The van der Waals surface area contributed by atoms with Gasteiger partial charge in [0.15, 0.2) is 0 Å². The maximum absolute atomic E-state index is 12.9. The highest BCUT2D eigenvalue weighted by atomic mass is 16.2. The monoisotopic (exact) mass is 332 g/mol. The molecule has 24 heavy (non-hydrogen) atoms. The van der Waals surface area contributed by atoms with Crippen LogP contribution >= 0.6 is 0 Å². The van der Waals surface area contributed by atoms with Crippen molar-refractivity contribution in [3.63, 3.8) is 0 Å². The first-order valence-corrected chi connectivity index (χ1v) is 8.55. The third-order valence-corrected chi connectivity index (χ3v) is 4.71. The fourth-order valence-electron chi connectivity index (χ4n) is 3.70. The molecule has 1 fully saturated rings. The van der Waals surface area contributed by atoms with Gasteiger partial charge < -0.3 is 10.6 Å². The number of nitrogens with two attached hydrogens (primary N) is 1. The van der Waals surface area contributed by atoms with E-state index in [0.717, 1.165) is 44.3 Å². The quantitative estimate of drug-likeness (QED) is 0.810. The molecule has 1 aromatic rings. The van der Waals surface area contributed by atoms with Crippen molar-refractivity contribution >= 4 is 11.8 Å². The molecule has 132 valence electrons. The summed E-state index contributed by atoms with van der Waals surface area (Å²) in [6.07, 6.45) is 6.14. The van der Waals surface area contributed by atoms with Crippen molar-refractivity contribution in [2.45, 2.75) is 32.1 Å². The van der Waals surface area contributed by atoms with Gasteiger partial charge in [0.05, 0.1) is 12.0 Å². The molecular formula is C18H28N4O2. The predicted octanol–water partition coefficient (Wildman–Crippen LogP) is 1.06. The molecule has 0 spiro atoms. The Morgan fingerprint density at radius 2 is 2.17 bits per heavy atom. The lowest BCUT2D eigenvalue weighted by molar-refractivity contribution is -0.144. The molecular weight excluding hydrogens is 304 g/mol. The first-order valence-electron chi connectivity index (χ1n) is 8.55. The summed E-state index contributed by atoms with van der Waals surface area (Å²) in [6, 6.07) is 5.91. The normalized spacial score (nSPS) is 21.4. The topological polar surface area (TPSA) is 79.5 Å². The summed E-state index contributed by atoms with van der Waals surface area (Å²) >= 11 is 0. The second kappa shape index (κ2) is 8.24. The number of amides is 2. The number of aryl methyl sites for hydroxylation is 1. The summed E-state index contributed by atoms with van der Waals surface area (Å²) in [4.78, 5) is 32.2. The van der Waals surface area contributed by atoms with E-state index in [1.165, 1.54) is 0 Å². The average Bonchev–Trinajstić information content (AvgIpc) is 2.54. The molecule has 1 unspecified atom stereocenters. The molecule has 1 aliphatic heterocycles. The molecule has 1 aliphatic rings. The van der Waals surface area contributed by atoms with Gasteiger partial charge in [-0.3, -0.25) is 19.5 Å². The van der Waals surface area contributed by atoms with Crippen LogP contribution in [0.15, 0.2) is 24.4 Å². The number of carbonyl (C=O) groups is 2. The van der Waals surface area contributed by atoms with Crippen molar-refractivity contribution < 1.29 is 9.59 Å². The van der Waals surface area contributed by atoms with E-state index in [-0.39, 0.29) is 18.4 Å². The average molecular weight is 332 g/mol. The van der Waals surface area contributed by atoms with E-state index in [0.29, 0.717) is 6.54 Å². The Kier molecular flexibility index (Phi) is 6.31. The minimum Gasteiger partial charge on any atom is -0.369 e. The van der Waals surface area contributed by atoms with E-state index in [9.17, 15) is 9.59 Å². The van der Waals surface area contributed by atoms with Crippen LogP contribution in [-0.4, -0.2) is 60.3 Å². The molecule has 2 rings (SSSR count). The van der Waals surface area contributed by atoms with Gasteiger partial charge in [0, 0.05) is 32.5 Å². The Bertz CT molecular complexity index is 561. The Morgan fingerprint density at radius 3 is 2.79 bits per heavy atom. The van der Waals surface area contributed by atoms with Gasteiger partial charge in [-0.2, -0.15) is 0 Å². The maximum atomic E-state index is 12.9. The zero-order valence-corrected chi connectivity index (χ0v) is 14.7. The Morgan fingerprint density at radius 1 is 1.38 bits per heavy atom. The number of hydrogen-bond acceptors (Lipinski definition) is 4. The van der Waals surface area contributed by atoms with Gasteiger partial charge in [-0.25, -0.2) is 0 Å². The Balaban J connectivity index is 2.05. The van der Waals surface area contributed by atoms with Gasteiger partial charge in [-0.05, 0) is 50.8 Å². The number of piperidine rings is 1. The Hall–Kier alpha value is -1.95. The van der Waals surface area contributed by atoms with Crippen LogP contribution in [0.2, 0.25) is 0 Å². The highest BCUT2D eigenvalue weighted by molar-refractivity contribution is 5.83. The molecule has 1 aromatic heterocycles. The van der Waals surface area contributed by atoms with E-state index < -0.39 is 5.41 Å². The van der Waals surface area contributed by atoms with Crippen LogP contribution in [0.3, 0.4) is 0 Å². The van der Waals surface area contributed by atoms with Crippen molar-refractivity contribution in [3.8, 4) is 0 Å². The lowest BCUT2D eigenvalue weighted by Gasteiger charge is -2.42. The molecule has 2 heterocycles. The highest BCUT2D eigenvalue weighted by Gasteiger charge is 2.42. The van der Waals surface area contributed by atoms with Crippen LogP contribution in [0.25, 0.3) is 0 Å². The van der Waals surface area contributed by atoms with Crippen LogP contribution in [0.4, 0.5) is 0 Å². The highest BCUT2D eigenvalue weighted by Crippen LogP contribution is 2.36. The number of aromatic nitrogens is 1. The van der Waals surface area contributed by atoms with E-state index in [1.807, 2.05) is 23.1 Å². The molecule has 0 radical (unpaired) electrons. The van der Waals surface area contributed by atoms with Gasteiger partial charge in [0.1, 0.15) is 0 Å². The zero-order chi connectivity index (χ0) is 17.6. The first kappa shape index (κ1) is 18.4. The van der Waals surface area contributed by atoms with Crippen molar-refractivity contribution in [2.24, 2.45) is 11.1 Å². The van der Waals surface area contributed by atoms with Gasteiger partial charge in [-0.15, -0.1) is 0 Å². The largest absolute Gasteiger partial charge is 0.369 e. The number of pyridine rings is 1. The molecule has 2 N–H and O–H groups in total. The Labute approximate surface area is 144 Å². The van der Waals surface area contributed by atoms with Crippen LogP contribution in [0.1, 0.15) is 31.4 Å². The second-order valence-corrected chi connectivity index (χ2v) is 6.94. The molecule has 0 aromatic carbocycles. The predicted molar refractivity (Wildman–Crippen MR) is 93.2 cm³/mol. The standard InChI is InChI=1S/C18H28N4O2/c1-21(2)17(24)18(9-5-8-15-7-3-4-11-20-15)10-6-12-22(14-18)13-16(19)23/h3-4,7,11H,5-6,8-10,12-14H2,1-2H3,(H2,19,23). The van der Waals surface area contributed by atoms with Crippen molar-refractivity contribution in [1.29, 1.82) is 0 Å². The third kappa shape index (κ3) is 4.77. The van der Waals surface area contributed by atoms with Crippen LogP contribution < -0.4 is 5.73 Å². The number of likely N-dealkylation sites (tertiary alicyclic amines) is 1. The van der Waals surface area contributed by atoms with Crippen LogP contribution in [0, 0.1) is 5.41 Å². The van der Waals surface area contributed by atoms with Gasteiger partial charge in [0.2, 0.25) is 11.8 Å². The fraction of sp³-hybridized carbons (Fsp3) is 0.611. The summed E-state index contributed by atoms with van der Waals surface area (Å²) in [5, 5.41) is 0. The minimum absolute atomic E-state index is 0.151. The summed E-state index contributed by atoms with van der Waals surface area (Å²) in [7, 11) is 3.60. The van der Waals surface area contributed by atoms with Crippen molar-refractivity contribution in [1.82, 2.24) is 14.8 Å². The number of primary amides is 1. The molecule has 6 heteroatoms. The van der Waals surface area contributed by atoms with Crippen molar-refractivity contribution in [2.75, 3.05) is 33.7 Å². The third-order valence-electron chi connectivity index (χ3n) is 4.71. The number of nitrogens with zero attached hydrogens (tertiary/aromatic N) is 3. The lowest BCUT2D eigenvalue weighted by atomic mass is 9.74.